The number of hydrogen-bond acceptors (Lipinski definition) is 3. The molecule has 1 fully saturated rings. The van der Waals surface area contributed by atoms with Crippen LogP contribution in [0.4, 0.5) is 0 Å². The van der Waals surface area contributed by atoms with Crippen LogP contribution in [0.1, 0.15) is 51.5 Å². The van der Waals surface area contributed by atoms with Crippen molar-refractivity contribution in [3.8, 4) is 11.5 Å². The second-order valence-corrected chi connectivity index (χ2v) is 5.98. The van der Waals surface area contributed by atoms with Crippen LogP contribution in [0.2, 0.25) is 0 Å². The maximum absolute atomic E-state index is 5.80. The molecule has 0 amide bonds. The standard InChI is InChI=1S/C18H29NO2/c1-5-7-10-21-17-9-8-14(11-18(17)20-4)15-12-16(13(15)3)19-6-2/h8-9,11,13,15-16,19H,5-7,10,12H2,1-4H3. The molecule has 0 aromatic heterocycles. The highest BCUT2D eigenvalue weighted by Crippen LogP contribution is 2.44. The van der Waals surface area contributed by atoms with Gasteiger partial charge in [-0.25, -0.2) is 0 Å². The van der Waals surface area contributed by atoms with Gasteiger partial charge in [0.05, 0.1) is 13.7 Å². The maximum atomic E-state index is 5.80. The fraction of sp³-hybridized carbons (Fsp3) is 0.667. The lowest BCUT2D eigenvalue weighted by Gasteiger charge is -2.43. The topological polar surface area (TPSA) is 30.5 Å². The zero-order valence-corrected chi connectivity index (χ0v) is 13.8. The van der Waals surface area contributed by atoms with E-state index in [0.29, 0.717) is 17.9 Å². The fourth-order valence-corrected chi connectivity index (χ4v) is 3.12. The van der Waals surface area contributed by atoms with Gasteiger partial charge in [-0.3, -0.25) is 0 Å². The van der Waals surface area contributed by atoms with Gasteiger partial charge in [0.15, 0.2) is 11.5 Å². The highest BCUT2D eigenvalue weighted by atomic mass is 16.5. The van der Waals surface area contributed by atoms with E-state index in [4.69, 9.17) is 9.47 Å². The Hall–Kier alpha value is -1.22. The van der Waals surface area contributed by atoms with Gasteiger partial charge in [0.25, 0.3) is 0 Å². The van der Waals surface area contributed by atoms with E-state index in [-0.39, 0.29) is 0 Å². The van der Waals surface area contributed by atoms with Crippen molar-refractivity contribution in [2.75, 3.05) is 20.3 Å². The molecule has 0 heterocycles. The van der Waals surface area contributed by atoms with E-state index >= 15 is 0 Å². The first-order valence-electron chi connectivity index (χ1n) is 8.25. The molecule has 0 bridgehead atoms. The van der Waals surface area contributed by atoms with E-state index < -0.39 is 0 Å². The van der Waals surface area contributed by atoms with Gasteiger partial charge < -0.3 is 14.8 Å². The summed E-state index contributed by atoms with van der Waals surface area (Å²) in [7, 11) is 1.72. The molecule has 0 spiro atoms. The van der Waals surface area contributed by atoms with Gasteiger partial charge >= 0.3 is 0 Å². The fourth-order valence-electron chi connectivity index (χ4n) is 3.12. The number of unbranched alkanes of at least 4 members (excludes halogenated alkanes) is 1. The molecule has 2 rings (SSSR count). The molecule has 1 aliphatic carbocycles. The summed E-state index contributed by atoms with van der Waals surface area (Å²) < 4.78 is 11.3. The van der Waals surface area contributed by atoms with Gasteiger partial charge in [-0.05, 0) is 48.9 Å². The molecular formula is C18H29NO2. The molecule has 3 unspecified atom stereocenters. The third-order valence-corrected chi connectivity index (χ3v) is 4.61. The van der Waals surface area contributed by atoms with Crippen LogP contribution in [0.15, 0.2) is 18.2 Å². The summed E-state index contributed by atoms with van der Waals surface area (Å²) in [5.41, 5.74) is 1.37. The van der Waals surface area contributed by atoms with Crippen molar-refractivity contribution in [1.29, 1.82) is 0 Å². The van der Waals surface area contributed by atoms with Gasteiger partial charge in [0.2, 0.25) is 0 Å². The van der Waals surface area contributed by atoms with Crippen LogP contribution in [0.25, 0.3) is 0 Å². The zero-order valence-electron chi connectivity index (χ0n) is 13.8. The lowest BCUT2D eigenvalue weighted by Crippen LogP contribution is -2.47. The minimum atomic E-state index is 0.632. The van der Waals surface area contributed by atoms with Crippen molar-refractivity contribution >= 4 is 0 Å². The Kier molecular flexibility index (Phi) is 5.92. The first-order chi connectivity index (χ1) is 10.2. The van der Waals surface area contributed by atoms with E-state index in [1.54, 1.807) is 7.11 Å². The van der Waals surface area contributed by atoms with Crippen molar-refractivity contribution in [1.82, 2.24) is 5.32 Å². The SMILES string of the molecule is CCCCOc1ccc(C2CC(NCC)C2C)cc1OC. The van der Waals surface area contributed by atoms with Crippen LogP contribution >= 0.6 is 0 Å². The molecule has 21 heavy (non-hydrogen) atoms. The molecule has 1 saturated carbocycles. The van der Waals surface area contributed by atoms with E-state index in [1.165, 1.54) is 12.0 Å². The predicted molar refractivity (Wildman–Crippen MR) is 87.4 cm³/mol. The van der Waals surface area contributed by atoms with Gasteiger partial charge in [-0.1, -0.05) is 33.3 Å². The van der Waals surface area contributed by atoms with Crippen molar-refractivity contribution in [3.05, 3.63) is 23.8 Å². The van der Waals surface area contributed by atoms with E-state index in [2.05, 4.69) is 44.3 Å². The Morgan fingerprint density at radius 2 is 2.05 bits per heavy atom. The molecule has 0 saturated heterocycles. The van der Waals surface area contributed by atoms with E-state index in [9.17, 15) is 0 Å². The van der Waals surface area contributed by atoms with E-state index in [1.807, 2.05) is 0 Å². The molecule has 1 aromatic rings. The average molecular weight is 291 g/mol. The maximum Gasteiger partial charge on any atom is 0.161 e. The number of rotatable bonds is 8. The third-order valence-electron chi connectivity index (χ3n) is 4.61. The van der Waals surface area contributed by atoms with Crippen LogP contribution in [0, 0.1) is 5.92 Å². The molecule has 1 aliphatic rings. The summed E-state index contributed by atoms with van der Waals surface area (Å²) in [5.74, 6) is 3.04. The van der Waals surface area contributed by atoms with Gasteiger partial charge in [-0.2, -0.15) is 0 Å². The Bertz CT molecular complexity index is 447. The van der Waals surface area contributed by atoms with Crippen molar-refractivity contribution in [3.63, 3.8) is 0 Å². The normalized spacial score (nSPS) is 24.5. The smallest absolute Gasteiger partial charge is 0.161 e. The first-order valence-corrected chi connectivity index (χ1v) is 8.25. The Labute approximate surface area is 129 Å². The largest absolute Gasteiger partial charge is 0.493 e. The summed E-state index contributed by atoms with van der Waals surface area (Å²) in [5, 5.41) is 3.55. The van der Waals surface area contributed by atoms with Crippen LogP contribution in [0.3, 0.4) is 0 Å². The second-order valence-electron chi connectivity index (χ2n) is 5.98. The molecule has 0 radical (unpaired) electrons. The summed E-state index contributed by atoms with van der Waals surface area (Å²) in [6.07, 6.45) is 3.44. The predicted octanol–water partition coefficient (Wildman–Crippen LogP) is 3.98. The molecule has 1 N–H and O–H groups in total. The van der Waals surface area contributed by atoms with Crippen LogP contribution in [-0.4, -0.2) is 26.3 Å². The van der Waals surface area contributed by atoms with E-state index in [0.717, 1.165) is 37.5 Å². The summed E-state index contributed by atoms with van der Waals surface area (Å²) >= 11 is 0. The molecular weight excluding hydrogens is 262 g/mol. The van der Waals surface area contributed by atoms with Crippen LogP contribution < -0.4 is 14.8 Å². The number of nitrogens with one attached hydrogen (secondary N) is 1. The first kappa shape index (κ1) is 16.2. The molecule has 3 heteroatoms. The molecule has 3 nitrogen and oxygen atoms in total. The average Bonchev–Trinajstić information content (AvgIpc) is 2.51. The van der Waals surface area contributed by atoms with Crippen molar-refractivity contribution < 1.29 is 9.47 Å². The molecule has 1 aromatic carbocycles. The quantitative estimate of drug-likeness (QED) is 0.735. The molecule has 118 valence electrons. The lowest BCUT2D eigenvalue weighted by molar-refractivity contribution is 0.186. The van der Waals surface area contributed by atoms with Gasteiger partial charge in [0, 0.05) is 6.04 Å². The molecule has 0 aliphatic heterocycles. The monoisotopic (exact) mass is 291 g/mol. The second kappa shape index (κ2) is 7.69. The number of ether oxygens (including phenoxy) is 2. The van der Waals surface area contributed by atoms with Crippen LogP contribution in [0.5, 0.6) is 11.5 Å². The molecule has 3 atom stereocenters. The zero-order chi connectivity index (χ0) is 15.2. The Balaban J connectivity index is 2.02. The summed E-state index contributed by atoms with van der Waals surface area (Å²) in [4.78, 5) is 0. The van der Waals surface area contributed by atoms with Gasteiger partial charge in [-0.15, -0.1) is 0 Å². The van der Waals surface area contributed by atoms with Crippen LogP contribution in [-0.2, 0) is 0 Å². The number of benzene rings is 1. The highest BCUT2D eigenvalue weighted by molar-refractivity contribution is 5.44. The van der Waals surface area contributed by atoms with Gasteiger partial charge in [0.1, 0.15) is 0 Å². The summed E-state index contributed by atoms with van der Waals surface area (Å²) in [6, 6.07) is 7.08. The minimum absolute atomic E-state index is 0.632. The Morgan fingerprint density at radius 1 is 1.24 bits per heavy atom. The highest BCUT2D eigenvalue weighted by Gasteiger charge is 2.38. The van der Waals surface area contributed by atoms with Crippen molar-refractivity contribution in [2.24, 2.45) is 5.92 Å². The summed E-state index contributed by atoms with van der Waals surface area (Å²) in [6.45, 7) is 8.48. The Morgan fingerprint density at radius 3 is 2.67 bits per heavy atom. The van der Waals surface area contributed by atoms with Crippen molar-refractivity contribution in [2.45, 2.75) is 52.0 Å². The number of hydrogen-bond donors (Lipinski definition) is 1. The minimum Gasteiger partial charge on any atom is -0.493 e. The lowest BCUT2D eigenvalue weighted by atomic mass is 9.67. The number of methoxy groups -OCH3 is 1. The third kappa shape index (κ3) is 3.70.